The van der Waals surface area contributed by atoms with E-state index in [0.717, 1.165) is 11.6 Å². The summed E-state index contributed by atoms with van der Waals surface area (Å²) in [5.41, 5.74) is 0.339. The number of aromatic nitrogens is 1. The van der Waals surface area contributed by atoms with Crippen molar-refractivity contribution in [2.45, 2.75) is 12.6 Å². The molecule has 4 rings (SSSR count). The van der Waals surface area contributed by atoms with Crippen molar-refractivity contribution in [3.63, 3.8) is 0 Å². The van der Waals surface area contributed by atoms with E-state index in [1.165, 1.54) is 6.07 Å². The third-order valence-electron chi connectivity index (χ3n) is 5.79. The van der Waals surface area contributed by atoms with Crippen molar-refractivity contribution >= 4 is 34.8 Å². The zero-order chi connectivity index (χ0) is 23.6. The van der Waals surface area contributed by atoms with Crippen LogP contribution in [0.1, 0.15) is 17.5 Å². The van der Waals surface area contributed by atoms with Gasteiger partial charge in [0.15, 0.2) is 0 Å². The molecule has 1 aromatic carbocycles. The van der Waals surface area contributed by atoms with Crippen molar-refractivity contribution < 1.29 is 22.8 Å². The summed E-state index contributed by atoms with van der Waals surface area (Å²) in [6, 6.07) is 9.24. The molecule has 174 valence electrons. The molecule has 0 bridgehead atoms. The summed E-state index contributed by atoms with van der Waals surface area (Å²) in [4.78, 5) is 34.5. The second-order valence-corrected chi connectivity index (χ2v) is 8.36. The van der Waals surface area contributed by atoms with Crippen LogP contribution in [-0.4, -0.2) is 65.9 Å². The average molecular weight is 479 g/mol. The van der Waals surface area contributed by atoms with Crippen LogP contribution in [0.4, 0.5) is 19.0 Å². The predicted molar refractivity (Wildman–Crippen MR) is 119 cm³/mol. The molecule has 2 aliphatic rings. The highest BCUT2D eigenvalue weighted by Gasteiger charge is 2.34. The van der Waals surface area contributed by atoms with Gasteiger partial charge in [0, 0.05) is 32.4 Å². The number of pyridine rings is 1. The summed E-state index contributed by atoms with van der Waals surface area (Å²) in [5.74, 6) is 0.367. The van der Waals surface area contributed by atoms with Gasteiger partial charge < -0.3 is 4.90 Å². The minimum absolute atomic E-state index is 0.114. The summed E-state index contributed by atoms with van der Waals surface area (Å²) in [6.45, 7) is 1.95. The first kappa shape index (κ1) is 23.3. The summed E-state index contributed by atoms with van der Waals surface area (Å²) in [6.07, 6.45) is -0.682. The van der Waals surface area contributed by atoms with E-state index in [4.69, 9.17) is 11.6 Å². The van der Waals surface area contributed by atoms with Crippen LogP contribution in [0.15, 0.2) is 48.7 Å². The van der Waals surface area contributed by atoms with Gasteiger partial charge in [-0.15, -0.1) is 0 Å². The minimum Gasteiger partial charge on any atom is -0.338 e. The van der Waals surface area contributed by atoms with Gasteiger partial charge in [0.1, 0.15) is 5.82 Å². The lowest BCUT2D eigenvalue weighted by Gasteiger charge is -2.35. The monoisotopic (exact) mass is 478 g/mol. The summed E-state index contributed by atoms with van der Waals surface area (Å²) in [7, 11) is 0. The third kappa shape index (κ3) is 5.36. The molecule has 0 N–H and O–H groups in total. The molecule has 2 aromatic rings. The first-order valence-corrected chi connectivity index (χ1v) is 10.9. The predicted octanol–water partition coefficient (Wildman–Crippen LogP) is 3.72. The maximum atomic E-state index is 13.1. The molecule has 2 aliphatic heterocycles. The van der Waals surface area contributed by atoms with Gasteiger partial charge in [-0.05, 0) is 41.8 Å². The van der Waals surface area contributed by atoms with Crippen LogP contribution in [0, 0.1) is 0 Å². The normalized spacial score (nSPS) is 17.8. The third-order valence-corrected chi connectivity index (χ3v) is 6.12. The molecular formula is C23H22ClF3N4O2. The van der Waals surface area contributed by atoms with Crippen LogP contribution in [0.5, 0.6) is 0 Å². The van der Waals surface area contributed by atoms with Gasteiger partial charge in [-0.3, -0.25) is 19.4 Å². The highest BCUT2D eigenvalue weighted by atomic mass is 35.5. The Morgan fingerprint density at radius 3 is 2.58 bits per heavy atom. The largest absolute Gasteiger partial charge is 0.417 e. The fraction of sp³-hybridized carbons (Fsp3) is 0.348. The lowest BCUT2D eigenvalue weighted by molar-refractivity contribution is -0.137. The van der Waals surface area contributed by atoms with Crippen LogP contribution >= 0.6 is 11.6 Å². The zero-order valence-corrected chi connectivity index (χ0v) is 18.4. The van der Waals surface area contributed by atoms with Gasteiger partial charge >= 0.3 is 6.18 Å². The van der Waals surface area contributed by atoms with Crippen molar-refractivity contribution in [3.05, 3.63) is 64.8 Å². The van der Waals surface area contributed by atoms with E-state index in [-0.39, 0.29) is 29.9 Å². The van der Waals surface area contributed by atoms with Crippen molar-refractivity contribution in [2.75, 3.05) is 44.2 Å². The topological polar surface area (TPSA) is 56.8 Å². The second kappa shape index (κ2) is 9.52. The molecule has 33 heavy (non-hydrogen) atoms. The van der Waals surface area contributed by atoms with Crippen LogP contribution in [0.2, 0.25) is 5.02 Å². The van der Waals surface area contributed by atoms with E-state index < -0.39 is 11.7 Å². The molecule has 1 aromatic heterocycles. The number of benzene rings is 1. The molecule has 1 fully saturated rings. The molecule has 0 atom stereocenters. The van der Waals surface area contributed by atoms with E-state index in [1.807, 2.05) is 6.07 Å². The smallest absolute Gasteiger partial charge is 0.338 e. The minimum atomic E-state index is -4.53. The molecular weight excluding hydrogens is 457 g/mol. The second-order valence-electron chi connectivity index (χ2n) is 7.96. The highest BCUT2D eigenvalue weighted by Crippen LogP contribution is 2.37. The van der Waals surface area contributed by atoms with E-state index >= 15 is 0 Å². The fourth-order valence-electron chi connectivity index (χ4n) is 4.00. The number of halogens is 4. The summed E-state index contributed by atoms with van der Waals surface area (Å²) >= 11 is 5.70. The molecule has 0 spiro atoms. The van der Waals surface area contributed by atoms with Crippen LogP contribution in [-0.2, 0) is 15.8 Å². The van der Waals surface area contributed by atoms with Crippen molar-refractivity contribution in [1.29, 1.82) is 0 Å². The number of anilines is 1. The van der Waals surface area contributed by atoms with Crippen LogP contribution < -0.4 is 4.90 Å². The van der Waals surface area contributed by atoms with E-state index in [2.05, 4.69) is 4.98 Å². The number of hydrogen-bond acceptors (Lipinski definition) is 4. The number of carbonyl (C=O) groups is 2. The number of rotatable bonds is 4. The molecule has 3 heterocycles. The van der Waals surface area contributed by atoms with Crippen molar-refractivity contribution in [3.8, 4) is 0 Å². The lowest BCUT2D eigenvalue weighted by atomic mass is 9.97. The Labute approximate surface area is 194 Å². The quantitative estimate of drug-likeness (QED) is 0.672. The molecule has 0 radical (unpaired) electrons. The Hall–Kier alpha value is -2.91. The van der Waals surface area contributed by atoms with E-state index in [0.29, 0.717) is 44.0 Å². The number of carbonyl (C=O) groups excluding carboxylic acids is 2. The standard InChI is InChI=1S/C23H22ClF3N4O2/c24-19-5-4-17(13-18(19)23(25,26)27)16-6-9-30(10-7-16)21(32)14-29-11-12-31(22(33)15-29)20-3-1-2-8-28-20/h1-6,8,13H,7,9-12,14-15H2. The Kier molecular flexibility index (Phi) is 6.71. The molecule has 6 nitrogen and oxygen atoms in total. The fourth-order valence-corrected chi connectivity index (χ4v) is 4.23. The lowest BCUT2D eigenvalue weighted by Crippen LogP contribution is -2.53. The molecule has 0 unspecified atom stereocenters. The SMILES string of the molecule is O=C(CN1CCN(c2ccccn2)C(=O)C1)N1CC=C(c2ccc(Cl)c(C(F)(F)F)c2)CC1. The molecule has 2 amide bonds. The van der Waals surface area contributed by atoms with Crippen LogP contribution in [0.3, 0.4) is 0 Å². The van der Waals surface area contributed by atoms with Gasteiger partial charge in [0.25, 0.3) is 0 Å². The number of amides is 2. The van der Waals surface area contributed by atoms with E-state index in [9.17, 15) is 22.8 Å². The Morgan fingerprint density at radius 1 is 1.12 bits per heavy atom. The summed E-state index contributed by atoms with van der Waals surface area (Å²) < 4.78 is 39.4. The molecule has 10 heteroatoms. The molecule has 0 aliphatic carbocycles. The number of nitrogens with zero attached hydrogens (tertiary/aromatic N) is 4. The van der Waals surface area contributed by atoms with Gasteiger partial charge in [0.2, 0.25) is 11.8 Å². The number of piperazine rings is 1. The van der Waals surface area contributed by atoms with Gasteiger partial charge in [0.05, 0.1) is 23.7 Å². The highest BCUT2D eigenvalue weighted by molar-refractivity contribution is 6.31. The number of hydrogen-bond donors (Lipinski definition) is 0. The average Bonchev–Trinajstić information content (AvgIpc) is 2.79. The Balaban J connectivity index is 1.34. The zero-order valence-electron chi connectivity index (χ0n) is 17.7. The maximum absolute atomic E-state index is 13.1. The van der Waals surface area contributed by atoms with Crippen LogP contribution in [0.25, 0.3) is 5.57 Å². The molecule has 0 saturated carbocycles. The first-order chi connectivity index (χ1) is 15.7. The summed E-state index contributed by atoms with van der Waals surface area (Å²) in [5, 5.41) is -0.336. The maximum Gasteiger partial charge on any atom is 0.417 e. The van der Waals surface area contributed by atoms with E-state index in [1.54, 1.807) is 45.2 Å². The molecule has 1 saturated heterocycles. The van der Waals surface area contributed by atoms with Gasteiger partial charge in [-0.2, -0.15) is 13.2 Å². The van der Waals surface area contributed by atoms with Crippen molar-refractivity contribution in [2.24, 2.45) is 0 Å². The van der Waals surface area contributed by atoms with Gasteiger partial charge in [-0.1, -0.05) is 29.8 Å². The van der Waals surface area contributed by atoms with Crippen molar-refractivity contribution in [1.82, 2.24) is 14.8 Å². The Bertz CT molecular complexity index is 1080. The number of alkyl halides is 3. The Morgan fingerprint density at radius 2 is 1.94 bits per heavy atom. The first-order valence-electron chi connectivity index (χ1n) is 10.5. The van der Waals surface area contributed by atoms with Gasteiger partial charge in [-0.25, -0.2) is 4.98 Å².